The summed E-state index contributed by atoms with van der Waals surface area (Å²) in [6.45, 7) is 7.24. The predicted molar refractivity (Wildman–Crippen MR) is 128 cm³/mol. The molecule has 2 atom stereocenters. The highest BCUT2D eigenvalue weighted by Gasteiger charge is 2.31. The Bertz CT molecular complexity index is 1160. The van der Waals surface area contributed by atoms with E-state index in [9.17, 15) is 18.7 Å². The van der Waals surface area contributed by atoms with E-state index in [1.807, 2.05) is 0 Å². The van der Waals surface area contributed by atoms with Crippen LogP contribution in [0.25, 0.3) is 0 Å². The first-order valence-electron chi connectivity index (χ1n) is 11.7. The third kappa shape index (κ3) is 4.98. The molecule has 0 aliphatic heterocycles. The number of benzene rings is 3. The monoisotopic (exact) mass is 464 g/mol. The molecule has 0 aromatic heterocycles. The molecule has 1 N–H and O–H groups in total. The second-order valence-corrected chi connectivity index (χ2v) is 9.89. The van der Waals surface area contributed by atoms with Crippen molar-refractivity contribution in [2.24, 2.45) is 0 Å². The van der Waals surface area contributed by atoms with Crippen LogP contribution in [-0.4, -0.2) is 11.1 Å². The van der Waals surface area contributed by atoms with Gasteiger partial charge in [0.1, 0.15) is 24.0 Å². The number of ether oxygens (including phenoxy) is 1. The first-order chi connectivity index (χ1) is 16.2. The van der Waals surface area contributed by atoms with Crippen molar-refractivity contribution in [3.63, 3.8) is 0 Å². The lowest BCUT2D eigenvalue weighted by molar-refractivity contribution is -0.137. The van der Waals surface area contributed by atoms with Gasteiger partial charge >= 0.3 is 5.97 Å². The molecule has 3 aromatic rings. The Morgan fingerprint density at radius 2 is 1.76 bits per heavy atom. The van der Waals surface area contributed by atoms with Crippen molar-refractivity contribution in [2.45, 2.75) is 63.9 Å². The molecule has 0 saturated heterocycles. The quantitative estimate of drug-likeness (QED) is 0.398. The van der Waals surface area contributed by atoms with Crippen molar-refractivity contribution in [1.82, 2.24) is 0 Å². The lowest BCUT2D eigenvalue weighted by Crippen LogP contribution is -2.25. The van der Waals surface area contributed by atoms with Gasteiger partial charge in [-0.25, -0.2) is 8.78 Å². The maximum absolute atomic E-state index is 14.4. The normalized spacial score (nSPS) is 17.6. The number of aliphatic carboxylic acids is 1. The van der Waals surface area contributed by atoms with Crippen molar-refractivity contribution < 1.29 is 23.4 Å². The second-order valence-electron chi connectivity index (χ2n) is 9.89. The van der Waals surface area contributed by atoms with E-state index >= 15 is 0 Å². The van der Waals surface area contributed by atoms with Crippen LogP contribution in [0.2, 0.25) is 0 Å². The average Bonchev–Trinajstić information content (AvgIpc) is 2.80. The minimum atomic E-state index is -1.13. The summed E-state index contributed by atoms with van der Waals surface area (Å²) in [5, 5.41) is 9.32. The molecule has 0 radical (unpaired) electrons. The number of rotatable bonds is 7. The topological polar surface area (TPSA) is 46.5 Å². The highest BCUT2D eigenvalue weighted by molar-refractivity contribution is 5.69. The van der Waals surface area contributed by atoms with Crippen molar-refractivity contribution >= 4 is 5.97 Å². The zero-order valence-corrected chi connectivity index (χ0v) is 19.8. The van der Waals surface area contributed by atoms with Crippen LogP contribution in [-0.2, 0) is 16.8 Å². The molecule has 1 aliphatic carbocycles. The van der Waals surface area contributed by atoms with Gasteiger partial charge in [0.2, 0.25) is 0 Å². The maximum atomic E-state index is 14.4. The van der Waals surface area contributed by atoms with Crippen molar-refractivity contribution in [2.75, 3.05) is 0 Å². The lowest BCUT2D eigenvalue weighted by atomic mass is 9.69. The third-order valence-electron chi connectivity index (χ3n) is 6.99. The largest absolute Gasteiger partial charge is 0.489 e. The summed E-state index contributed by atoms with van der Waals surface area (Å²) in [4.78, 5) is 11.4. The SMILES string of the molecule is CC1CCC(C)(C)c2cc(COc3ccc(C(CC(=O)O)c4c(F)cccc4F)cc3)ccc21. The maximum Gasteiger partial charge on any atom is 0.304 e. The number of hydrogen-bond donors (Lipinski definition) is 1. The van der Waals surface area contributed by atoms with Crippen LogP contribution in [0.5, 0.6) is 5.75 Å². The number of carbonyl (C=O) groups is 1. The van der Waals surface area contributed by atoms with Gasteiger partial charge in [-0.3, -0.25) is 4.79 Å². The summed E-state index contributed by atoms with van der Waals surface area (Å²) >= 11 is 0. The first kappa shape index (κ1) is 23.9. The molecule has 0 fully saturated rings. The number of carboxylic acid groups (broad SMARTS) is 1. The molecular weight excluding hydrogens is 434 g/mol. The van der Waals surface area contributed by atoms with Crippen molar-refractivity contribution in [1.29, 1.82) is 0 Å². The van der Waals surface area contributed by atoms with Gasteiger partial charge < -0.3 is 9.84 Å². The Balaban J connectivity index is 1.52. The van der Waals surface area contributed by atoms with E-state index in [2.05, 4.69) is 39.0 Å². The molecule has 4 rings (SSSR count). The molecule has 2 unspecified atom stereocenters. The van der Waals surface area contributed by atoms with Crippen LogP contribution >= 0.6 is 0 Å². The Labute approximate surface area is 199 Å². The van der Waals surface area contributed by atoms with E-state index in [1.165, 1.54) is 23.6 Å². The number of fused-ring (bicyclic) bond motifs is 1. The molecule has 0 spiro atoms. The highest BCUT2D eigenvalue weighted by atomic mass is 19.1. The summed E-state index contributed by atoms with van der Waals surface area (Å²) in [6, 6.07) is 16.9. The Morgan fingerprint density at radius 3 is 2.41 bits per heavy atom. The van der Waals surface area contributed by atoms with E-state index in [4.69, 9.17) is 4.74 Å². The average molecular weight is 465 g/mol. The molecular formula is C29H30F2O3. The summed E-state index contributed by atoms with van der Waals surface area (Å²) in [5.41, 5.74) is 4.30. The van der Waals surface area contributed by atoms with E-state index < -0.39 is 29.9 Å². The van der Waals surface area contributed by atoms with Crippen LogP contribution in [0.4, 0.5) is 8.78 Å². The Morgan fingerprint density at radius 1 is 1.09 bits per heavy atom. The molecule has 0 amide bonds. The Hall–Kier alpha value is -3.21. The number of hydrogen-bond acceptors (Lipinski definition) is 2. The van der Waals surface area contributed by atoms with Crippen molar-refractivity contribution in [3.05, 3.63) is 100 Å². The molecule has 34 heavy (non-hydrogen) atoms. The summed E-state index contributed by atoms with van der Waals surface area (Å²) < 4.78 is 34.7. The van der Waals surface area contributed by atoms with Gasteiger partial charge in [-0.1, -0.05) is 57.2 Å². The van der Waals surface area contributed by atoms with Gasteiger partial charge in [0.25, 0.3) is 0 Å². The lowest BCUT2D eigenvalue weighted by Gasteiger charge is -2.36. The van der Waals surface area contributed by atoms with Gasteiger partial charge in [0, 0.05) is 11.5 Å². The number of halogens is 2. The smallest absolute Gasteiger partial charge is 0.304 e. The highest BCUT2D eigenvalue weighted by Crippen LogP contribution is 2.42. The fourth-order valence-corrected chi connectivity index (χ4v) is 4.94. The van der Waals surface area contributed by atoms with Gasteiger partial charge in [-0.15, -0.1) is 0 Å². The molecule has 0 saturated carbocycles. The van der Waals surface area contributed by atoms with E-state index in [0.717, 1.165) is 24.1 Å². The summed E-state index contributed by atoms with van der Waals surface area (Å²) in [6.07, 6.45) is 1.94. The van der Waals surface area contributed by atoms with E-state index in [0.29, 0.717) is 23.8 Å². The van der Waals surface area contributed by atoms with Crippen LogP contribution < -0.4 is 4.74 Å². The van der Waals surface area contributed by atoms with Crippen LogP contribution in [0.1, 0.15) is 79.7 Å². The first-order valence-corrected chi connectivity index (χ1v) is 11.7. The zero-order chi connectivity index (χ0) is 24.5. The second kappa shape index (κ2) is 9.57. The molecule has 0 heterocycles. The summed E-state index contributed by atoms with van der Waals surface area (Å²) in [7, 11) is 0. The van der Waals surface area contributed by atoms with Crippen molar-refractivity contribution in [3.8, 4) is 5.75 Å². The van der Waals surface area contributed by atoms with E-state index in [1.54, 1.807) is 24.3 Å². The fourth-order valence-electron chi connectivity index (χ4n) is 4.94. The molecule has 5 heteroatoms. The number of carboxylic acids is 1. The minimum Gasteiger partial charge on any atom is -0.489 e. The molecule has 3 aromatic carbocycles. The van der Waals surface area contributed by atoms with Crippen LogP contribution in [0, 0.1) is 11.6 Å². The zero-order valence-electron chi connectivity index (χ0n) is 19.8. The fraction of sp³-hybridized carbons (Fsp3) is 0.345. The third-order valence-corrected chi connectivity index (χ3v) is 6.99. The van der Waals surface area contributed by atoms with Gasteiger partial charge in [-0.05, 0) is 70.7 Å². The molecule has 1 aliphatic rings. The molecule has 0 bridgehead atoms. The molecule has 178 valence electrons. The summed E-state index contributed by atoms with van der Waals surface area (Å²) in [5.74, 6) is -2.40. The molecule has 3 nitrogen and oxygen atoms in total. The van der Waals surface area contributed by atoms with Gasteiger partial charge in [0.15, 0.2) is 0 Å². The van der Waals surface area contributed by atoms with Gasteiger partial charge in [0.05, 0.1) is 6.42 Å². The van der Waals surface area contributed by atoms with E-state index in [-0.39, 0.29) is 11.0 Å². The van der Waals surface area contributed by atoms with Crippen LogP contribution in [0.3, 0.4) is 0 Å². The minimum absolute atomic E-state index is 0.140. The van der Waals surface area contributed by atoms with Gasteiger partial charge in [-0.2, -0.15) is 0 Å². The standard InChI is InChI=1S/C29H30F2O3/c1-18-13-14-29(2,3)24-15-19(7-12-22(18)24)17-34-21-10-8-20(9-11-21)23(16-27(32)33)28-25(30)5-4-6-26(28)31/h4-12,15,18,23H,13-14,16-17H2,1-3H3,(H,32,33). The Kier molecular flexibility index (Phi) is 6.74. The predicted octanol–water partition coefficient (Wildman–Crippen LogP) is 7.33. The van der Waals surface area contributed by atoms with Crippen LogP contribution in [0.15, 0.2) is 60.7 Å².